The molecule has 3 aromatic heterocycles. The summed E-state index contributed by atoms with van der Waals surface area (Å²) in [6.07, 6.45) is 6.06. The predicted molar refractivity (Wildman–Crippen MR) is 69.9 cm³/mol. The standard InChI is InChI=1S/C13H13N5/c14-5-4-9-7-16-13-11(9)12(17-8-18-13)10-3-1-2-6-15-10/h1-3,6-8H,4-5,14H2,(H,16,17,18). The van der Waals surface area contributed by atoms with Crippen LogP contribution in [-0.2, 0) is 6.42 Å². The van der Waals surface area contributed by atoms with Crippen molar-refractivity contribution in [2.24, 2.45) is 5.73 Å². The summed E-state index contributed by atoms with van der Waals surface area (Å²) in [6.45, 7) is 0.601. The Hall–Kier alpha value is -2.27. The van der Waals surface area contributed by atoms with Crippen LogP contribution in [0, 0.1) is 0 Å². The Kier molecular flexibility index (Phi) is 2.74. The van der Waals surface area contributed by atoms with E-state index in [4.69, 9.17) is 5.73 Å². The molecule has 0 amide bonds. The van der Waals surface area contributed by atoms with Crippen molar-refractivity contribution in [3.8, 4) is 11.4 Å². The number of rotatable bonds is 3. The molecule has 0 aliphatic carbocycles. The van der Waals surface area contributed by atoms with Gasteiger partial charge in [-0.25, -0.2) is 9.97 Å². The molecule has 5 nitrogen and oxygen atoms in total. The van der Waals surface area contributed by atoms with Gasteiger partial charge in [0.05, 0.1) is 5.69 Å². The number of hydrogen-bond donors (Lipinski definition) is 2. The highest BCUT2D eigenvalue weighted by Crippen LogP contribution is 2.26. The quantitative estimate of drug-likeness (QED) is 0.726. The zero-order chi connectivity index (χ0) is 12.4. The molecule has 0 aromatic carbocycles. The van der Waals surface area contributed by atoms with Crippen LogP contribution < -0.4 is 5.73 Å². The first kappa shape index (κ1) is 10.9. The molecule has 0 aliphatic heterocycles. The van der Waals surface area contributed by atoms with Crippen LogP contribution in [0.1, 0.15) is 5.56 Å². The number of nitrogens with two attached hydrogens (primary N) is 1. The molecule has 3 aromatic rings. The molecular formula is C13H13N5. The highest BCUT2D eigenvalue weighted by atomic mass is 14.9. The number of aromatic nitrogens is 4. The number of H-pyrrole nitrogens is 1. The van der Waals surface area contributed by atoms with Crippen LogP contribution in [0.2, 0.25) is 0 Å². The molecule has 0 bridgehead atoms. The van der Waals surface area contributed by atoms with Crippen LogP contribution in [0.25, 0.3) is 22.4 Å². The first-order valence-corrected chi connectivity index (χ1v) is 5.82. The Morgan fingerprint density at radius 2 is 2.11 bits per heavy atom. The fraction of sp³-hybridized carbons (Fsp3) is 0.154. The summed E-state index contributed by atoms with van der Waals surface area (Å²) in [5.41, 5.74) is 9.29. The van der Waals surface area contributed by atoms with Crippen LogP contribution in [0.15, 0.2) is 36.9 Å². The third-order valence-electron chi connectivity index (χ3n) is 2.87. The molecule has 0 spiro atoms. The second-order valence-corrected chi connectivity index (χ2v) is 4.01. The first-order valence-electron chi connectivity index (χ1n) is 5.82. The maximum absolute atomic E-state index is 5.63. The minimum Gasteiger partial charge on any atom is -0.346 e. The number of aromatic amines is 1. The molecule has 3 N–H and O–H groups in total. The zero-order valence-corrected chi connectivity index (χ0v) is 9.80. The summed E-state index contributed by atoms with van der Waals surface area (Å²) in [5.74, 6) is 0. The van der Waals surface area contributed by atoms with Gasteiger partial charge in [0.2, 0.25) is 0 Å². The van der Waals surface area contributed by atoms with Gasteiger partial charge in [-0.1, -0.05) is 6.07 Å². The van der Waals surface area contributed by atoms with Crippen molar-refractivity contribution in [2.45, 2.75) is 6.42 Å². The lowest BCUT2D eigenvalue weighted by Crippen LogP contribution is -2.02. The number of nitrogens with zero attached hydrogens (tertiary/aromatic N) is 3. The topological polar surface area (TPSA) is 80.5 Å². The van der Waals surface area contributed by atoms with Crippen LogP contribution in [0.4, 0.5) is 0 Å². The summed E-state index contributed by atoms with van der Waals surface area (Å²) in [6, 6.07) is 5.78. The average molecular weight is 239 g/mol. The molecule has 3 rings (SSSR count). The van der Waals surface area contributed by atoms with Crippen molar-refractivity contribution < 1.29 is 0 Å². The van der Waals surface area contributed by atoms with Crippen LogP contribution in [0.3, 0.4) is 0 Å². The molecule has 0 unspecified atom stereocenters. The highest BCUT2D eigenvalue weighted by Gasteiger charge is 2.12. The van der Waals surface area contributed by atoms with E-state index in [2.05, 4.69) is 19.9 Å². The van der Waals surface area contributed by atoms with E-state index in [0.717, 1.165) is 34.4 Å². The Morgan fingerprint density at radius 1 is 1.17 bits per heavy atom. The predicted octanol–water partition coefficient (Wildman–Crippen LogP) is 1.52. The van der Waals surface area contributed by atoms with Gasteiger partial charge in [0.25, 0.3) is 0 Å². The average Bonchev–Trinajstić information content (AvgIpc) is 2.84. The lowest BCUT2D eigenvalue weighted by molar-refractivity contribution is 0.976. The van der Waals surface area contributed by atoms with E-state index in [1.807, 2.05) is 24.4 Å². The van der Waals surface area contributed by atoms with E-state index in [1.165, 1.54) is 0 Å². The molecule has 0 saturated carbocycles. The van der Waals surface area contributed by atoms with Crippen molar-refractivity contribution in [3.63, 3.8) is 0 Å². The molecule has 18 heavy (non-hydrogen) atoms. The Morgan fingerprint density at radius 3 is 2.89 bits per heavy atom. The van der Waals surface area contributed by atoms with Crippen LogP contribution >= 0.6 is 0 Å². The van der Waals surface area contributed by atoms with Gasteiger partial charge in [-0.15, -0.1) is 0 Å². The molecule has 3 heterocycles. The van der Waals surface area contributed by atoms with Gasteiger partial charge in [0.15, 0.2) is 0 Å². The van der Waals surface area contributed by atoms with Crippen molar-refractivity contribution >= 4 is 11.0 Å². The largest absolute Gasteiger partial charge is 0.346 e. The normalized spacial score (nSPS) is 10.9. The number of nitrogens with one attached hydrogen (secondary N) is 1. The molecule has 0 aliphatic rings. The van der Waals surface area contributed by atoms with Gasteiger partial charge in [-0.3, -0.25) is 4.98 Å². The SMILES string of the molecule is NCCc1c[nH]c2ncnc(-c3ccccn3)c12. The Labute approximate surface area is 104 Å². The van der Waals surface area contributed by atoms with Crippen molar-refractivity contribution in [1.29, 1.82) is 0 Å². The van der Waals surface area contributed by atoms with E-state index >= 15 is 0 Å². The molecular weight excluding hydrogens is 226 g/mol. The maximum atomic E-state index is 5.63. The maximum Gasteiger partial charge on any atom is 0.141 e. The fourth-order valence-electron chi connectivity index (χ4n) is 2.08. The lowest BCUT2D eigenvalue weighted by atomic mass is 10.1. The second kappa shape index (κ2) is 4.54. The van der Waals surface area contributed by atoms with E-state index < -0.39 is 0 Å². The van der Waals surface area contributed by atoms with E-state index in [0.29, 0.717) is 6.54 Å². The van der Waals surface area contributed by atoms with E-state index in [-0.39, 0.29) is 0 Å². The van der Waals surface area contributed by atoms with Gasteiger partial charge in [-0.05, 0) is 30.7 Å². The van der Waals surface area contributed by atoms with Crippen LogP contribution in [0.5, 0.6) is 0 Å². The summed E-state index contributed by atoms with van der Waals surface area (Å²) >= 11 is 0. The molecule has 0 atom stereocenters. The smallest absolute Gasteiger partial charge is 0.141 e. The van der Waals surface area contributed by atoms with Gasteiger partial charge >= 0.3 is 0 Å². The first-order chi connectivity index (χ1) is 8.90. The van der Waals surface area contributed by atoms with Crippen LogP contribution in [-0.4, -0.2) is 26.5 Å². The van der Waals surface area contributed by atoms with E-state index in [9.17, 15) is 0 Å². The summed E-state index contributed by atoms with van der Waals surface area (Å²) in [5, 5.41) is 1.02. The second-order valence-electron chi connectivity index (χ2n) is 4.01. The van der Waals surface area contributed by atoms with Gasteiger partial charge in [-0.2, -0.15) is 0 Å². The molecule has 90 valence electrons. The third kappa shape index (κ3) is 1.74. The minimum atomic E-state index is 0.601. The highest BCUT2D eigenvalue weighted by molar-refractivity contribution is 5.92. The third-order valence-corrected chi connectivity index (χ3v) is 2.87. The summed E-state index contributed by atoms with van der Waals surface area (Å²) in [4.78, 5) is 16.1. The van der Waals surface area contributed by atoms with Gasteiger partial charge in [0, 0.05) is 17.8 Å². The number of pyridine rings is 1. The lowest BCUT2D eigenvalue weighted by Gasteiger charge is -2.03. The van der Waals surface area contributed by atoms with Gasteiger partial charge < -0.3 is 10.7 Å². The number of hydrogen-bond acceptors (Lipinski definition) is 4. The summed E-state index contributed by atoms with van der Waals surface area (Å²) in [7, 11) is 0. The fourth-order valence-corrected chi connectivity index (χ4v) is 2.08. The monoisotopic (exact) mass is 239 g/mol. The summed E-state index contributed by atoms with van der Waals surface area (Å²) < 4.78 is 0. The molecule has 0 saturated heterocycles. The Bertz CT molecular complexity index is 659. The minimum absolute atomic E-state index is 0.601. The van der Waals surface area contributed by atoms with Gasteiger partial charge in [0.1, 0.15) is 17.7 Å². The van der Waals surface area contributed by atoms with Crippen molar-refractivity contribution in [1.82, 2.24) is 19.9 Å². The molecule has 5 heteroatoms. The van der Waals surface area contributed by atoms with Crippen molar-refractivity contribution in [2.75, 3.05) is 6.54 Å². The zero-order valence-electron chi connectivity index (χ0n) is 9.80. The molecule has 0 fully saturated rings. The molecule has 0 radical (unpaired) electrons. The van der Waals surface area contributed by atoms with Crippen molar-refractivity contribution in [3.05, 3.63) is 42.5 Å². The van der Waals surface area contributed by atoms with E-state index in [1.54, 1.807) is 12.5 Å². The number of fused-ring (bicyclic) bond motifs is 1. The Balaban J connectivity index is 2.25.